The molecule has 0 aliphatic carbocycles. The number of nitrogens with zero attached hydrogens (tertiary/aromatic N) is 2. The maximum Gasteiger partial charge on any atom is 0.0911 e. The van der Waals surface area contributed by atoms with Gasteiger partial charge in [0.1, 0.15) is 0 Å². The van der Waals surface area contributed by atoms with E-state index in [1.165, 1.54) is 0 Å². The van der Waals surface area contributed by atoms with Gasteiger partial charge in [0, 0.05) is 43.5 Å². The number of benzene rings is 1. The van der Waals surface area contributed by atoms with Crippen molar-refractivity contribution < 1.29 is 24.5 Å². The van der Waals surface area contributed by atoms with Gasteiger partial charge in [-0.05, 0) is 17.8 Å². The zero-order chi connectivity index (χ0) is 12.8. The van der Waals surface area contributed by atoms with Gasteiger partial charge in [0.2, 0.25) is 0 Å². The molecular formula is C15H15IrN2O-. The molecule has 4 heteroatoms. The van der Waals surface area contributed by atoms with E-state index in [1.54, 1.807) is 10.9 Å². The van der Waals surface area contributed by atoms with Gasteiger partial charge >= 0.3 is 0 Å². The molecule has 0 N–H and O–H groups in total. The third-order valence-electron chi connectivity index (χ3n) is 2.93. The summed E-state index contributed by atoms with van der Waals surface area (Å²) in [6.45, 7) is 6.42. The number of hydrogen-bond donors (Lipinski definition) is 0. The number of rotatable bonds is 1. The molecule has 1 aromatic carbocycles. The van der Waals surface area contributed by atoms with Crippen molar-refractivity contribution in [2.24, 2.45) is 0 Å². The Labute approximate surface area is 126 Å². The van der Waals surface area contributed by atoms with Crippen LogP contribution in [0.15, 0.2) is 41.1 Å². The van der Waals surface area contributed by atoms with Crippen molar-refractivity contribution in [2.75, 3.05) is 0 Å². The second-order valence-corrected chi connectivity index (χ2v) is 5.42. The Morgan fingerprint density at radius 1 is 1.32 bits per heavy atom. The van der Waals surface area contributed by atoms with Crippen LogP contribution in [0.5, 0.6) is 0 Å². The molecule has 3 aromatic rings. The van der Waals surface area contributed by atoms with Gasteiger partial charge in [-0.2, -0.15) is 23.3 Å². The van der Waals surface area contributed by atoms with E-state index in [0.717, 1.165) is 22.4 Å². The zero-order valence-corrected chi connectivity index (χ0v) is 13.5. The summed E-state index contributed by atoms with van der Waals surface area (Å²) in [5.74, 6) is 0.977. The van der Waals surface area contributed by atoms with E-state index in [1.807, 2.05) is 24.4 Å². The van der Waals surface area contributed by atoms with E-state index in [2.05, 4.69) is 38.0 Å². The first-order chi connectivity index (χ1) is 8.55. The second-order valence-electron chi connectivity index (χ2n) is 5.42. The maximum absolute atomic E-state index is 6.00. The molecule has 0 unspecified atom stereocenters. The summed E-state index contributed by atoms with van der Waals surface area (Å²) < 4.78 is 7.77. The van der Waals surface area contributed by atoms with Crippen LogP contribution in [0.4, 0.5) is 0 Å². The van der Waals surface area contributed by atoms with Gasteiger partial charge in [0.05, 0.1) is 5.76 Å². The van der Waals surface area contributed by atoms with Crippen molar-refractivity contribution in [3.05, 3.63) is 48.5 Å². The van der Waals surface area contributed by atoms with Crippen molar-refractivity contribution >= 4 is 11.0 Å². The van der Waals surface area contributed by atoms with Crippen LogP contribution in [0.2, 0.25) is 0 Å². The fourth-order valence-corrected chi connectivity index (χ4v) is 1.93. The standard InChI is InChI=1S/C15H15N2O.Ir/c1-15(2,3)13-10-11-6-4-7-12(14(11)18-13)17-9-5-8-16-17;/h4-6,8-10H,1-3H3;/q-1;. The number of fused-ring (bicyclic) bond motifs is 1. The Hall–Kier alpha value is -1.38. The van der Waals surface area contributed by atoms with Crippen molar-refractivity contribution in [1.29, 1.82) is 0 Å². The third-order valence-corrected chi connectivity index (χ3v) is 2.93. The predicted molar refractivity (Wildman–Crippen MR) is 70.9 cm³/mol. The number of furan rings is 1. The van der Waals surface area contributed by atoms with Crippen LogP contribution in [0.25, 0.3) is 16.7 Å². The summed E-state index contributed by atoms with van der Waals surface area (Å²) in [6, 6.07) is 11.1. The Balaban J connectivity index is 0.00000133. The summed E-state index contributed by atoms with van der Waals surface area (Å²) in [7, 11) is 0. The van der Waals surface area contributed by atoms with Crippen LogP contribution < -0.4 is 0 Å². The van der Waals surface area contributed by atoms with Gasteiger partial charge in [0.25, 0.3) is 0 Å². The molecule has 3 nitrogen and oxygen atoms in total. The van der Waals surface area contributed by atoms with Crippen LogP contribution in [0.3, 0.4) is 0 Å². The van der Waals surface area contributed by atoms with E-state index in [9.17, 15) is 0 Å². The minimum atomic E-state index is 0. The first-order valence-corrected chi connectivity index (χ1v) is 6.00. The van der Waals surface area contributed by atoms with Gasteiger partial charge < -0.3 is 4.42 Å². The Bertz CT molecular complexity index is 678. The molecular weight excluding hydrogens is 416 g/mol. The van der Waals surface area contributed by atoms with E-state index >= 15 is 0 Å². The van der Waals surface area contributed by atoms with Crippen molar-refractivity contribution in [1.82, 2.24) is 9.78 Å². The molecule has 0 bridgehead atoms. The number of hydrogen-bond acceptors (Lipinski definition) is 2. The molecule has 101 valence electrons. The molecule has 0 fully saturated rings. The first kappa shape index (κ1) is 14.0. The van der Waals surface area contributed by atoms with Gasteiger partial charge in [-0.25, -0.2) is 0 Å². The largest absolute Gasteiger partial charge is 0.517 e. The smallest absolute Gasteiger partial charge is 0.0911 e. The Kier molecular flexibility index (Phi) is 3.66. The fraction of sp³-hybridized carbons (Fsp3) is 0.267. The normalized spacial score (nSPS) is 11.5. The minimum absolute atomic E-state index is 0. The quantitative estimate of drug-likeness (QED) is 0.550. The van der Waals surface area contributed by atoms with Gasteiger partial charge in [-0.3, -0.25) is 4.68 Å². The van der Waals surface area contributed by atoms with E-state index in [4.69, 9.17) is 4.42 Å². The van der Waals surface area contributed by atoms with Gasteiger partial charge in [-0.15, -0.1) is 0 Å². The minimum Gasteiger partial charge on any atom is -0.517 e. The summed E-state index contributed by atoms with van der Waals surface area (Å²) in [5, 5.41) is 5.32. The van der Waals surface area contributed by atoms with Crippen LogP contribution in [-0.2, 0) is 25.5 Å². The van der Waals surface area contributed by atoms with Gasteiger partial charge in [0.15, 0.2) is 0 Å². The Morgan fingerprint density at radius 2 is 2.11 bits per heavy atom. The van der Waals surface area contributed by atoms with Crippen LogP contribution in [0.1, 0.15) is 26.5 Å². The second kappa shape index (κ2) is 4.95. The molecule has 0 saturated carbocycles. The SMILES string of the molecule is CC(C)(C)c1cc2cc[c-]c(-n3cccn3)c2o1.[Ir]. The van der Waals surface area contributed by atoms with Crippen molar-refractivity contribution in [3.63, 3.8) is 0 Å². The van der Waals surface area contributed by atoms with E-state index in [0.29, 0.717) is 0 Å². The topological polar surface area (TPSA) is 31.0 Å². The molecule has 0 aliphatic heterocycles. The molecule has 0 atom stereocenters. The summed E-state index contributed by atoms with van der Waals surface area (Å²) in [5.41, 5.74) is 1.69. The molecule has 0 spiro atoms. The molecule has 2 aromatic heterocycles. The molecule has 0 aliphatic rings. The van der Waals surface area contributed by atoms with Gasteiger partial charge in [-0.1, -0.05) is 26.2 Å². The average molecular weight is 432 g/mol. The third kappa shape index (κ3) is 2.51. The number of aromatic nitrogens is 2. The predicted octanol–water partition coefficient (Wildman–Crippen LogP) is 3.71. The molecule has 1 radical (unpaired) electrons. The van der Waals surface area contributed by atoms with Crippen LogP contribution >= 0.6 is 0 Å². The average Bonchev–Trinajstić information content (AvgIpc) is 2.96. The van der Waals surface area contributed by atoms with Crippen molar-refractivity contribution in [2.45, 2.75) is 26.2 Å². The maximum atomic E-state index is 6.00. The first-order valence-electron chi connectivity index (χ1n) is 6.00. The van der Waals surface area contributed by atoms with Crippen LogP contribution in [0, 0.1) is 6.07 Å². The van der Waals surface area contributed by atoms with Crippen molar-refractivity contribution in [3.8, 4) is 5.69 Å². The molecule has 2 heterocycles. The molecule has 3 rings (SSSR count). The Morgan fingerprint density at radius 3 is 2.74 bits per heavy atom. The van der Waals surface area contributed by atoms with E-state index in [-0.39, 0.29) is 25.5 Å². The fourth-order valence-electron chi connectivity index (χ4n) is 1.93. The monoisotopic (exact) mass is 432 g/mol. The molecule has 19 heavy (non-hydrogen) atoms. The molecule has 0 saturated heterocycles. The van der Waals surface area contributed by atoms with Crippen LogP contribution in [-0.4, -0.2) is 9.78 Å². The zero-order valence-electron chi connectivity index (χ0n) is 11.1. The van der Waals surface area contributed by atoms with E-state index < -0.39 is 0 Å². The summed E-state index contributed by atoms with van der Waals surface area (Å²) in [6.07, 6.45) is 3.64. The molecule has 0 amide bonds. The summed E-state index contributed by atoms with van der Waals surface area (Å²) >= 11 is 0. The summed E-state index contributed by atoms with van der Waals surface area (Å²) in [4.78, 5) is 0.